The molecular formula is C21H26FN3. The molecule has 0 N–H and O–H groups in total. The van der Waals surface area contributed by atoms with Crippen LogP contribution in [0.1, 0.15) is 20.8 Å². The van der Waals surface area contributed by atoms with Gasteiger partial charge in [0.2, 0.25) is 0 Å². The highest BCUT2D eigenvalue weighted by Crippen LogP contribution is 2.27. The van der Waals surface area contributed by atoms with Crippen molar-refractivity contribution in [1.29, 1.82) is 0 Å². The van der Waals surface area contributed by atoms with E-state index in [2.05, 4.69) is 61.2 Å². The fourth-order valence-electron chi connectivity index (χ4n) is 3.35. The lowest BCUT2D eigenvalue weighted by Gasteiger charge is -2.22. The second-order valence-electron chi connectivity index (χ2n) is 6.18. The zero-order valence-corrected chi connectivity index (χ0v) is 15.3. The maximum Gasteiger partial charge on any atom is 0.107 e. The predicted octanol–water partition coefficient (Wildman–Crippen LogP) is 5.03. The quantitative estimate of drug-likeness (QED) is 0.563. The molecule has 3 aromatic rings. The molecule has 3 nitrogen and oxygen atoms in total. The molecule has 2 aromatic carbocycles. The Morgan fingerprint density at radius 1 is 0.760 bits per heavy atom. The third-order valence-corrected chi connectivity index (χ3v) is 4.81. The summed E-state index contributed by atoms with van der Waals surface area (Å²) < 4.78 is 12.8. The molecule has 0 spiro atoms. The zero-order valence-electron chi connectivity index (χ0n) is 15.3. The minimum atomic E-state index is -0.343. The van der Waals surface area contributed by atoms with Crippen LogP contribution in [0.5, 0.6) is 0 Å². The number of fused-ring (bicyclic) bond motifs is 2. The first kappa shape index (κ1) is 17.5. The first-order chi connectivity index (χ1) is 12.2. The van der Waals surface area contributed by atoms with Crippen LogP contribution in [-0.2, 0) is 0 Å². The summed E-state index contributed by atoms with van der Waals surface area (Å²) in [5, 5.41) is 2.26. The van der Waals surface area contributed by atoms with E-state index in [0.717, 1.165) is 47.1 Å². The van der Waals surface area contributed by atoms with E-state index in [0.29, 0.717) is 6.54 Å². The molecule has 0 fully saturated rings. The Labute approximate surface area is 149 Å². The fraction of sp³-hybridized carbons (Fsp3) is 0.381. The summed E-state index contributed by atoms with van der Waals surface area (Å²) in [5.41, 5.74) is 4.19. The molecule has 0 unspecified atom stereocenters. The summed E-state index contributed by atoms with van der Waals surface area (Å²) >= 11 is 0. The van der Waals surface area contributed by atoms with E-state index in [1.165, 1.54) is 5.69 Å². The highest BCUT2D eigenvalue weighted by Gasteiger charge is 2.08. The predicted molar refractivity (Wildman–Crippen MR) is 107 cm³/mol. The van der Waals surface area contributed by atoms with Crippen molar-refractivity contribution in [2.45, 2.75) is 20.8 Å². The maximum atomic E-state index is 12.8. The van der Waals surface area contributed by atoms with Gasteiger partial charge < -0.3 is 9.80 Å². The Kier molecular flexibility index (Phi) is 5.37. The van der Waals surface area contributed by atoms with Crippen molar-refractivity contribution < 1.29 is 4.39 Å². The minimum Gasteiger partial charge on any atom is -0.372 e. The van der Waals surface area contributed by atoms with E-state index in [1.807, 2.05) is 11.8 Å². The fourth-order valence-corrected chi connectivity index (χ4v) is 3.35. The third-order valence-electron chi connectivity index (χ3n) is 4.81. The Bertz CT molecular complexity index is 858. The number of hydrogen-bond donors (Lipinski definition) is 0. The lowest BCUT2D eigenvalue weighted by Crippen LogP contribution is -2.24. The maximum absolute atomic E-state index is 12.8. The number of hydrogen-bond acceptors (Lipinski definition) is 3. The van der Waals surface area contributed by atoms with Crippen molar-refractivity contribution in [2.24, 2.45) is 0 Å². The van der Waals surface area contributed by atoms with Gasteiger partial charge in [-0.2, -0.15) is 0 Å². The molecule has 0 amide bonds. The summed E-state index contributed by atoms with van der Waals surface area (Å²) in [6.45, 7) is 9.20. The molecule has 0 aliphatic carbocycles. The summed E-state index contributed by atoms with van der Waals surface area (Å²) in [6, 6.07) is 14.8. The summed E-state index contributed by atoms with van der Waals surface area (Å²) in [7, 11) is 0. The highest BCUT2D eigenvalue weighted by molar-refractivity contribution is 5.95. The lowest BCUT2D eigenvalue weighted by atomic mass is 10.1. The van der Waals surface area contributed by atoms with Crippen LogP contribution in [0.3, 0.4) is 0 Å². The van der Waals surface area contributed by atoms with Gasteiger partial charge in [0, 0.05) is 48.3 Å². The van der Waals surface area contributed by atoms with Gasteiger partial charge in [0.05, 0.1) is 11.0 Å². The Morgan fingerprint density at radius 3 is 1.76 bits per heavy atom. The molecular weight excluding hydrogens is 312 g/mol. The molecule has 0 radical (unpaired) electrons. The number of aromatic nitrogens is 1. The van der Waals surface area contributed by atoms with Crippen LogP contribution in [0.4, 0.5) is 15.8 Å². The van der Waals surface area contributed by atoms with E-state index >= 15 is 0 Å². The standard InChI is InChI=1S/C21H26FN3/c1-4-24(5-2)18-9-7-16-13-17-8-10-19(25(6-3)12-11-22)15-21(17)23-20(16)14-18/h7-10,13-15H,4-6,11-12H2,1-3H3/i22-1. The van der Waals surface area contributed by atoms with E-state index in [4.69, 9.17) is 4.98 Å². The Balaban J connectivity index is 2.07. The van der Waals surface area contributed by atoms with Crippen molar-refractivity contribution in [3.05, 3.63) is 42.5 Å². The third kappa shape index (κ3) is 3.53. The molecule has 0 aliphatic heterocycles. The van der Waals surface area contributed by atoms with Gasteiger partial charge in [-0.1, -0.05) is 12.1 Å². The summed E-state index contributed by atoms with van der Waals surface area (Å²) in [5.74, 6) is 0. The van der Waals surface area contributed by atoms with Gasteiger partial charge in [-0.3, -0.25) is 0 Å². The summed E-state index contributed by atoms with van der Waals surface area (Å²) in [6.07, 6.45) is 0. The monoisotopic (exact) mass is 338 g/mol. The second-order valence-corrected chi connectivity index (χ2v) is 6.18. The normalized spacial score (nSPS) is 11.2. The van der Waals surface area contributed by atoms with Crippen LogP contribution in [0.2, 0.25) is 0 Å². The van der Waals surface area contributed by atoms with Crippen molar-refractivity contribution in [2.75, 3.05) is 42.7 Å². The number of benzene rings is 2. The number of pyridine rings is 1. The van der Waals surface area contributed by atoms with Gasteiger partial charge in [0.1, 0.15) is 6.67 Å². The smallest absolute Gasteiger partial charge is 0.107 e. The average Bonchev–Trinajstić information content (AvgIpc) is 2.65. The van der Waals surface area contributed by atoms with E-state index in [9.17, 15) is 4.39 Å². The van der Waals surface area contributed by atoms with Crippen LogP contribution in [-0.4, -0.2) is 37.8 Å². The van der Waals surface area contributed by atoms with Crippen LogP contribution < -0.4 is 9.80 Å². The second kappa shape index (κ2) is 7.68. The largest absolute Gasteiger partial charge is 0.372 e. The summed E-state index contributed by atoms with van der Waals surface area (Å²) in [4.78, 5) is 9.24. The molecule has 0 aliphatic rings. The van der Waals surface area contributed by atoms with E-state index < -0.39 is 0 Å². The van der Waals surface area contributed by atoms with Gasteiger partial charge in [-0.05, 0) is 51.1 Å². The van der Waals surface area contributed by atoms with Crippen molar-refractivity contribution in [1.82, 2.24) is 4.98 Å². The molecule has 0 saturated carbocycles. The first-order valence-electron chi connectivity index (χ1n) is 9.10. The molecule has 1 aromatic heterocycles. The molecule has 4 heteroatoms. The highest BCUT2D eigenvalue weighted by atomic mass is 18.2. The van der Waals surface area contributed by atoms with Gasteiger partial charge in [0.15, 0.2) is 0 Å². The number of nitrogens with zero attached hydrogens (tertiary/aromatic N) is 3. The van der Waals surface area contributed by atoms with Gasteiger partial charge in [-0.25, -0.2) is 9.37 Å². The lowest BCUT2D eigenvalue weighted by molar-refractivity contribution is 0.492. The molecule has 3 rings (SSSR count). The molecule has 132 valence electrons. The van der Waals surface area contributed by atoms with Gasteiger partial charge >= 0.3 is 0 Å². The van der Waals surface area contributed by atoms with Crippen LogP contribution in [0, 0.1) is 0 Å². The van der Waals surface area contributed by atoms with Crippen molar-refractivity contribution in [3.8, 4) is 0 Å². The number of halogens is 1. The SMILES string of the molecule is CCN(CC)c1ccc2cc3ccc(N(CC)CC[18F])cc3nc2c1. The Hall–Kier alpha value is -2.36. The molecule has 25 heavy (non-hydrogen) atoms. The van der Waals surface area contributed by atoms with E-state index in [1.54, 1.807) is 0 Å². The number of alkyl halides is 1. The Morgan fingerprint density at radius 2 is 1.28 bits per heavy atom. The molecule has 0 bridgehead atoms. The minimum absolute atomic E-state index is 0.343. The molecule has 0 saturated heterocycles. The topological polar surface area (TPSA) is 19.4 Å². The van der Waals surface area contributed by atoms with Crippen LogP contribution >= 0.6 is 0 Å². The van der Waals surface area contributed by atoms with Gasteiger partial charge in [0.25, 0.3) is 0 Å². The van der Waals surface area contributed by atoms with Crippen molar-refractivity contribution in [3.63, 3.8) is 0 Å². The van der Waals surface area contributed by atoms with Crippen molar-refractivity contribution >= 4 is 33.2 Å². The van der Waals surface area contributed by atoms with Crippen LogP contribution in [0.15, 0.2) is 42.5 Å². The van der Waals surface area contributed by atoms with E-state index in [-0.39, 0.29) is 6.67 Å². The number of anilines is 2. The average molecular weight is 338 g/mol. The van der Waals surface area contributed by atoms with Crippen LogP contribution in [0.25, 0.3) is 21.8 Å². The molecule has 1 heterocycles. The first-order valence-corrected chi connectivity index (χ1v) is 9.10. The van der Waals surface area contributed by atoms with Gasteiger partial charge in [-0.15, -0.1) is 0 Å². The molecule has 0 atom stereocenters. The number of rotatable bonds is 7. The zero-order chi connectivity index (χ0) is 17.8.